The van der Waals surface area contributed by atoms with Crippen molar-refractivity contribution >= 4 is 21.8 Å². The molecular weight excluding hydrogens is 315 g/mol. The highest BCUT2D eigenvalue weighted by molar-refractivity contribution is 9.10. The fourth-order valence-corrected chi connectivity index (χ4v) is 1.93. The SMILES string of the molecule is CCN(CCC#N)C(=O)COc1ccc(F)cc1Br. The second kappa shape index (κ2) is 7.74. The Hall–Kier alpha value is -1.61. The summed E-state index contributed by atoms with van der Waals surface area (Å²) < 4.78 is 18.7. The van der Waals surface area contributed by atoms with Crippen LogP contribution in [0.4, 0.5) is 4.39 Å². The lowest BCUT2D eigenvalue weighted by Gasteiger charge is -2.19. The molecule has 0 unspecified atom stereocenters. The van der Waals surface area contributed by atoms with E-state index in [1.54, 1.807) is 4.90 Å². The number of likely N-dealkylation sites (N-methyl/N-ethyl adjacent to an activating group) is 1. The minimum Gasteiger partial charge on any atom is -0.483 e. The molecule has 0 saturated heterocycles. The molecule has 0 aromatic heterocycles. The normalized spacial score (nSPS) is 9.79. The van der Waals surface area contributed by atoms with Crippen molar-refractivity contribution in [2.24, 2.45) is 0 Å². The maximum absolute atomic E-state index is 12.9. The molecule has 1 amide bonds. The second-order valence-electron chi connectivity index (χ2n) is 3.74. The quantitative estimate of drug-likeness (QED) is 0.806. The molecule has 6 heteroatoms. The van der Waals surface area contributed by atoms with Gasteiger partial charge in [0.2, 0.25) is 0 Å². The summed E-state index contributed by atoms with van der Waals surface area (Å²) in [5, 5.41) is 8.50. The number of hydrogen-bond donors (Lipinski definition) is 0. The van der Waals surface area contributed by atoms with E-state index in [2.05, 4.69) is 15.9 Å². The lowest BCUT2D eigenvalue weighted by Crippen LogP contribution is -2.35. The van der Waals surface area contributed by atoms with Crippen LogP contribution in [0.25, 0.3) is 0 Å². The van der Waals surface area contributed by atoms with Gasteiger partial charge in [-0.3, -0.25) is 4.79 Å². The number of rotatable bonds is 6. The number of nitrogens with zero attached hydrogens (tertiary/aromatic N) is 2. The first-order chi connectivity index (χ1) is 9.08. The molecule has 1 aromatic rings. The highest BCUT2D eigenvalue weighted by atomic mass is 79.9. The van der Waals surface area contributed by atoms with Crippen molar-refractivity contribution in [3.8, 4) is 11.8 Å². The van der Waals surface area contributed by atoms with Crippen LogP contribution in [0, 0.1) is 17.1 Å². The number of halogens is 2. The van der Waals surface area contributed by atoms with Gasteiger partial charge in [-0.15, -0.1) is 0 Å². The molecule has 1 rings (SSSR count). The van der Waals surface area contributed by atoms with E-state index >= 15 is 0 Å². The fourth-order valence-electron chi connectivity index (χ4n) is 1.47. The van der Waals surface area contributed by atoms with Gasteiger partial charge in [-0.2, -0.15) is 5.26 Å². The summed E-state index contributed by atoms with van der Waals surface area (Å²) in [7, 11) is 0. The van der Waals surface area contributed by atoms with Crippen molar-refractivity contribution in [3.63, 3.8) is 0 Å². The van der Waals surface area contributed by atoms with Crippen LogP contribution in [-0.2, 0) is 4.79 Å². The van der Waals surface area contributed by atoms with E-state index in [1.165, 1.54) is 18.2 Å². The molecule has 0 spiro atoms. The van der Waals surface area contributed by atoms with Crippen LogP contribution in [0.1, 0.15) is 13.3 Å². The summed E-state index contributed by atoms with van der Waals surface area (Å²) in [6, 6.07) is 5.98. The molecule has 0 heterocycles. The van der Waals surface area contributed by atoms with Crippen LogP contribution in [0.3, 0.4) is 0 Å². The zero-order valence-corrected chi connectivity index (χ0v) is 12.1. The number of carbonyl (C=O) groups is 1. The molecule has 0 bridgehead atoms. The van der Waals surface area contributed by atoms with Gasteiger partial charge in [0.15, 0.2) is 6.61 Å². The summed E-state index contributed by atoms with van der Waals surface area (Å²) in [6.07, 6.45) is 0.291. The number of ether oxygens (including phenoxy) is 1. The topological polar surface area (TPSA) is 53.3 Å². The largest absolute Gasteiger partial charge is 0.483 e. The van der Waals surface area contributed by atoms with Crippen LogP contribution in [-0.4, -0.2) is 30.5 Å². The first kappa shape index (κ1) is 15.4. The Morgan fingerprint density at radius 3 is 2.89 bits per heavy atom. The molecule has 0 fully saturated rings. The number of hydrogen-bond acceptors (Lipinski definition) is 3. The maximum Gasteiger partial charge on any atom is 0.260 e. The van der Waals surface area contributed by atoms with E-state index in [0.29, 0.717) is 29.7 Å². The third-order valence-corrected chi connectivity index (χ3v) is 3.09. The standard InChI is InChI=1S/C13H14BrFN2O2/c1-2-17(7-3-6-16)13(18)9-19-12-5-4-10(15)8-11(12)14/h4-5,8H,2-3,7,9H2,1H3. The predicted molar refractivity (Wildman–Crippen MR) is 72.1 cm³/mol. The molecular formula is C13H14BrFN2O2. The zero-order valence-electron chi connectivity index (χ0n) is 10.5. The summed E-state index contributed by atoms with van der Waals surface area (Å²) in [6.45, 7) is 2.61. The first-order valence-corrected chi connectivity index (χ1v) is 6.60. The Labute approximate surface area is 119 Å². The highest BCUT2D eigenvalue weighted by Crippen LogP contribution is 2.25. The minimum absolute atomic E-state index is 0.135. The van der Waals surface area contributed by atoms with Gasteiger partial charge in [0.05, 0.1) is 17.0 Å². The van der Waals surface area contributed by atoms with E-state index < -0.39 is 0 Å². The van der Waals surface area contributed by atoms with Crippen molar-refractivity contribution < 1.29 is 13.9 Å². The summed E-state index contributed by atoms with van der Waals surface area (Å²) in [5.41, 5.74) is 0. The average Bonchev–Trinajstić information content (AvgIpc) is 2.38. The van der Waals surface area contributed by atoms with Crippen LogP contribution >= 0.6 is 15.9 Å². The van der Waals surface area contributed by atoms with Gasteiger partial charge >= 0.3 is 0 Å². The zero-order chi connectivity index (χ0) is 14.3. The van der Waals surface area contributed by atoms with Crippen molar-refractivity contribution in [3.05, 3.63) is 28.5 Å². The van der Waals surface area contributed by atoms with Crippen LogP contribution in [0.5, 0.6) is 5.75 Å². The van der Waals surface area contributed by atoms with E-state index in [1.807, 2.05) is 13.0 Å². The summed E-state index contributed by atoms with van der Waals surface area (Å²) in [5.74, 6) is -0.171. The molecule has 0 aliphatic rings. The van der Waals surface area contributed by atoms with Gasteiger partial charge < -0.3 is 9.64 Å². The summed E-state index contributed by atoms with van der Waals surface area (Å²) >= 11 is 3.16. The van der Waals surface area contributed by atoms with Gasteiger partial charge in [-0.1, -0.05) is 0 Å². The molecule has 4 nitrogen and oxygen atoms in total. The van der Waals surface area contributed by atoms with Gasteiger partial charge in [-0.25, -0.2) is 4.39 Å². The molecule has 102 valence electrons. The van der Waals surface area contributed by atoms with Crippen LogP contribution in [0.15, 0.2) is 22.7 Å². The van der Waals surface area contributed by atoms with Crippen molar-refractivity contribution in [1.82, 2.24) is 4.90 Å². The lowest BCUT2D eigenvalue weighted by molar-refractivity contribution is -0.133. The lowest BCUT2D eigenvalue weighted by atomic mass is 10.3. The predicted octanol–water partition coefficient (Wildman–Crippen LogP) is 2.73. The van der Waals surface area contributed by atoms with Gasteiger partial charge in [0, 0.05) is 13.1 Å². The van der Waals surface area contributed by atoms with Crippen molar-refractivity contribution in [2.75, 3.05) is 19.7 Å². The van der Waals surface area contributed by atoms with Crippen LogP contribution in [0.2, 0.25) is 0 Å². The number of carbonyl (C=O) groups excluding carboxylic acids is 1. The Morgan fingerprint density at radius 1 is 1.58 bits per heavy atom. The minimum atomic E-state index is -0.380. The molecule has 0 saturated carbocycles. The smallest absolute Gasteiger partial charge is 0.260 e. The van der Waals surface area contributed by atoms with E-state index in [4.69, 9.17) is 10.00 Å². The number of amides is 1. The average molecular weight is 329 g/mol. The van der Waals surface area contributed by atoms with E-state index in [-0.39, 0.29) is 18.3 Å². The Bertz CT molecular complexity index is 488. The molecule has 0 aliphatic heterocycles. The number of benzene rings is 1. The van der Waals surface area contributed by atoms with E-state index in [0.717, 1.165) is 0 Å². The Kier molecular flexibility index (Phi) is 6.30. The van der Waals surface area contributed by atoms with E-state index in [9.17, 15) is 9.18 Å². The molecule has 19 heavy (non-hydrogen) atoms. The van der Waals surface area contributed by atoms with Gasteiger partial charge in [0.25, 0.3) is 5.91 Å². The molecule has 0 aliphatic carbocycles. The third kappa shape index (κ3) is 4.87. The second-order valence-corrected chi connectivity index (χ2v) is 4.60. The van der Waals surface area contributed by atoms with Crippen molar-refractivity contribution in [1.29, 1.82) is 5.26 Å². The summed E-state index contributed by atoms with van der Waals surface area (Å²) in [4.78, 5) is 13.4. The highest BCUT2D eigenvalue weighted by Gasteiger charge is 2.13. The Balaban J connectivity index is 2.55. The molecule has 0 radical (unpaired) electrons. The fraction of sp³-hybridized carbons (Fsp3) is 0.385. The Morgan fingerprint density at radius 2 is 2.32 bits per heavy atom. The van der Waals surface area contributed by atoms with Gasteiger partial charge in [0.1, 0.15) is 11.6 Å². The maximum atomic E-state index is 12.9. The third-order valence-electron chi connectivity index (χ3n) is 2.47. The van der Waals surface area contributed by atoms with Crippen molar-refractivity contribution in [2.45, 2.75) is 13.3 Å². The van der Waals surface area contributed by atoms with Crippen LogP contribution < -0.4 is 4.74 Å². The first-order valence-electron chi connectivity index (χ1n) is 5.81. The van der Waals surface area contributed by atoms with Gasteiger partial charge in [-0.05, 0) is 41.1 Å². The molecule has 0 atom stereocenters. The number of nitriles is 1. The molecule has 1 aromatic carbocycles. The monoisotopic (exact) mass is 328 g/mol. The molecule has 0 N–H and O–H groups in total.